The molecule has 3 aromatic carbocycles. The molecule has 0 aliphatic rings. The lowest BCUT2D eigenvalue weighted by Crippen LogP contribution is -2.06. The molecule has 3 aromatic rings. The first-order chi connectivity index (χ1) is 23.6. The van der Waals surface area contributed by atoms with Gasteiger partial charge >= 0.3 is 5.97 Å². The van der Waals surface area contributed by atoms with Crippen LogP contribution in [0.25, 0.3) is 0 Å². The van der Waals surface area contributed by atoms with Crippen molar-refractivity contribution in [3.8, 4) is 17.2 Å². The molecular weight excluding hydrogens is 620 g/mol. The van der Waals surface area contributed by atoms with Crippen molar-refractivity contribution < 1.29 is 38.0 Å². The predicted molar refractivity (Wildman–Crippen MR) is 196 cm³/mol. The van der Waals surface area contributed by atoms with Gasteiger partial charge in [-0.25, -0.2) is 4.79 Å². The second-order valence-corrected chi connectivity index (χ2v) is 10.2. The second kappa shape index (κ2) is 24.6. The van der Waals surface area contributed by atoms with Crippen LogP contribution in [0.15, 0.2) is 133 Å². The summed E-state index contributed by atoms with van der Waals surface area (Å²) in [6, 6.07) is 21.5. The van der Waals surface area contributed by atoms with Crippen molar-refractivity contribution >= 4 is 12.3 Å². The van der Waals surface area contributed by atoms with E-state index in [2.05, 4.69) is 13.2 Å². The van der Waals surface area contributed by atoms with E-state index < -0.39 is 5.97 Å². The van der Waals surface area contributed by atoms with Crippen LogP contribution in [0.4, 0.5) is 0 Å². The van der Waals surface area contributed by atoms with E-state index in [0.29, 0.717) is 54.8 Å². The Morgan fingerprint density at radius 1 is 0.673 bits per heavy atom. The molecule has 0 unspecified atom stereocenters. The van der Waals surface area contributed by atoms with E-state index in [-0.39, 0.29) is 0 Å². The Balaban J connectivity index is 0.000000499. The topological polar surface area (TPSA) is 89.5 Å². The zero-order valence-corrected chi connectivity index (χ0v) is 29.8. The Labute approximate surface area is 292 Å². The van der Waals surface area contributed by atoms with Gasteiger partial charge in [0, 0.05) is 5.56 Å². The highest BCUT2D eigenvalue weighted by atomic mass is 16.5. The molecule has 8 heteroatoms. The van der Waals surface area contributed by atoms with Crippen molar-refractivity contribution in [2.24, 2.45) is 0 Å². The largest absolute Gasteiger partial charge is 0.497 e. The Morgan fingerprint density at radius 3 is 1.71 bits per heavy atom. The summed E-state index contributed by atoms with van der Waals surface area (Å²) in [6.45, 7) is 20.7. The molecule has 0 aliphatic carbocycles. The van der Waals surface area contributed by atoms with Gasteiger partial charge in [-0.1, -0.05) is 68.5 Å². The fourth-order valence-electron chi connectivity index (χ4n) is 3.50. The van der Waals surface area contributed by atoms with Gasteiger partial charge in [0.05, 0.1) is 18.4 Å². The molecule has 0 N–H and O–H groups in total. The molecule has 0 saturated carbocycles. The van der Waals surface area contributed by atoms with Gasteiger partial charge in [-0.2, -0.15) is 0 Å². The molecule has 0 amide bonds. The Hall–Kier alpha value is -5.50. The average molecular weight is 671 g/mol. The number of carbonyl (C=O) groups is 2. The number of esters is 1. The van der Waals surface area contributed by atoms with E-state index in [0.717, 1.165) is 29.1 Å². The maximum atomic E-state index is 12.0. The summed E-state index contributed by atoms with van der Waals surface area (Å²) in [5.41, 5.74) is 3.02. The highest BCUT2D eigenvalue weighted by Gasteiger charge is 2.07. The first kappa shape index (κ1) is 41.5. The van der Waals surface area contributed by atoms with Gasteiger partial charge in [-0.05, 0) is 94.5 Å². The van der Waals surface area contributed by atoms with Gasteiger partial charge in [-0.3, -0.25) is 4.79 Å². The van der Waals surface area contributed by atoms with Crippen molar-refractivity contribution in [2.75, 3.05) is 33.5 Å². The number of benzene rings is 3. The monoisotopic (exact) mass is 670 g/mol. The maximum Gasteiger partial charge on any atom is 0.343 e. The summed E-state index contributed by atoms with van der Waals surface area (Å²) >= 11 is 0. The average Bonchev–Trinajstić information content (AvgIpc) is 3.12. The summed E-state index contributed by atoms with van der Waals surface area (Å²) in [5.74, 6) is 3.63. The molecule has 49 heavy (non-hydrogen) atoms. The third-order valence-electron chi connectivity index (χ3n) is 6.04. The molecule has 0 saturated heterocycles. The van der Waals surface area contributed by atoms with Gasteiger partial charge in [0.25, 0.3) is 0 Å². The quantitative estimate of drug-likeness (QED) is 0.0461. The number of hydrogen-bond donors (Lipinski definition) is 0. The van der Waals surface area contributed by atoms with Crippen molar-refractivity contribution in [2.45, 2.75) is 41.5 Å². The van der Waals surface area contributed by atoms with E-state index in [4.69, 9.17) is 28.4 Å². The van der Waals surface area contributed by atoms with Crippen LogP contribution in [-0.4, -0.2) is 45.8 Å². The Kier molecular flexibility index (Phi) is 20.9. The summed E-state index contributed by atoms with van der Waals surface area (Å²) in [7, 11) is 1.63. The summed E-state index contributed by atoms with van der Waals surface area (Å²) in [6.07, 6.45) is 7.75. The molecule has 0 heterocycles. The van der Waals surface area contributed by atoms with Crippen molar-refractivity contribution in [3.63, 3.8) is 0 Å². The van der Waals surface area contributed by atoms with Gasteiger partial charge < -0.3 is 28.4 Å². The molecule has 3 rings (SSSR count). The number of allylic oxidation sites excluding steroid dienone is 7. The third-order valence-corrected chi connectivity index (χ3v) is 6.04. The molecule has 8 nitrogen and oxygen atoms in total. The number of aldehydes is 1. The normalized spacial score (nSPS) is 10.8. The van der Waals surface area contributed by atoms with Crippen LogP contribution in [0.1, 0.15) is 60.9 Å². The highest BCUT2D eigenvalue weighted by molar-refractivity contribution is 5.91. The third kappa shape index (κ3) is 19.0. The maximum absolute atomic E-state index is 12.0. The van der Waals surface area contributed by atoms with Crippen LogP contribution < -0.4 is 14.2 Å². The minimum atomic E-state index is -0.482. The first-order valence-corrected chi connectivity index (χ1v) is 16.0. The standard InChI is InChI=1S/C23H24O5.C16H20O3.C2H6/c1-17-4-12-22(13-5-17)27-15-14-26-18(2)6-7-19(3)28-23(25)21-10-8-20(16-24)9-11-21;1-13(2)5-6-14(3)18-11-12-19-16-9-7-15(17-4)8-10-16;1-2/h4-13,16H,14-15H2,1-3H3;5-10H,1,3,11-12H2,2,4H3;1-2H3/b18-6+,19-7+;6-5-;. The van der Waals surface area contributed by atoms with Crippen molar-refractivity contribution in [3.05, 3.63) is 150 Å². The van der Waals surface area contributed by atoms with Gasteiger partial charge in [0.1, 0.15) is 61.5 Å². The van der Waals surface area contributed by atoms with Gasteiger partial charge in [-0.15, -0.1) is 0 Å². The highest BCUT2D eigenvalue weighted by Crippen LogP contribution is 2.17. The van der Waals surface area contributed by atoms with E-state index in [1.807, 2.05) is 89.2 Å². The van der Waals surface area contributed by atoms with Crippen molar-refractivity contribution in [1.82, 2.24) is 0 Å². The van der Waals surface area contributed by atoms with E-state index in [1.54, 1.807) is 56.5 Å². The molecule has 0 aliphatic heterocycles. The Bertz CT molecular complexity index is 1510. The molecular formula is C41H50O8. The number of rotatable bonds is 17. The fourth-order valence-corrected chi connectivity index (χ4v) is 3.50. The van der Waals surface area contributed by atoms with Crippen LogP contribution in [0.5, 0.6) is 17.2 Å². The van der Waals surface area contributed by atoms with Crippen LogP contribution in [0.2, 0.25) is 0 Å². The van der Waals surface area contributed by atoms with E-state index in [1.165, 1.54) is 5.56 Å². The molecule has 0 atom stereocenters. The molecule has 0 radical (unpaired) electrons. The van der Waals surface area contributed by atoms with Gasteiger partial charge in [0.15, 0.2) is 0 Å². The predicted octanol–water partition coefficient (Wildman–Crippen LogP) is 9.63. The lowest BCUT2D eigenvalue weighted by atomic mass is 10.1. The zero-order valence-electron chi connectivity index (χ0n) is 29.8. The zero-order chi connectivity index (χ0) is 36.4. The van der Waals surface area contributed by atoms with Crippen LogP contribution in [0, 0.1) is 6.92 Å². The van der Waals surface area contributed by atoms with Crippen LogP contribution in [0.3, 0.4) is 0 Å². The Morgan fingerprint density at radius 2 is 1.18 bits per heavy atom. The number of aryl methyl sites for hydroxylation is 1. The molecule has 262 valence electrons. The van der Waals surface area contributed by atoms with Crippen molar-refractivity contribution in [1.29, 1.82) is 0 Å². The minimum absolute atomic E-state index is 0.378. The van der Waals surface area contributed by atoms with Crippen LogP contribution in [-0.2, 0) is 14.2 Å². The number of carbonyl (C=O) groups excluding carboxylic acids is 2. The second-order valence-electron chi connectivity index (χ2n) is 10.2. The summed E-state index contributed by atoms with van der Waals surface area (Å²) in [4.78, 5) is 22.7. The van der Waals surface area contributed by atoms with Gasteiger partial charge in [0.2, 0.25) is 0 Å². The SMILES string of the molecule is C/C(=C\C=C(/C)OC(=O)c1ccc(C=O)cc1)OCCOc1ccc(C)cc1.C=C(C)/C=C\C(=C)OCCOc1ccc(OC)cc1.CC. The smallest absolute Gasteiger partial charge is 0.343 e. The lowest BCUT2D eigenvalue weighted by Gasteiger charge is -2.08. The number of methoxy groups -OCH3 is 1. The van der Waals surface area contributed by atoms with E-state index >= 15 is 0 Å². The summed E-state index contributed by atoms with van der Waals surface area (Å²) < 4.78 is 32.4. The number of hydrogen-bond acceptors (Lipinski definition) is 8. The molecule has 0 spiro atoms. The minimum Gasteiger partial charge on any atom is -0.497 e. The van der Waals surface area contributed by atoms with Crippen LogP contribution >= 0.6 is 0 Å². The fraction of sp³-hybridized carbons (Fsp3) is 0.268. The van der Waals surface area contributed by atoms with E-state index in [9.17, 15) is 9.59 Å². The first-order valence-electron chi connectivity index (χ1n) is 16.0. The number of ether oxygens (including phenoxy) is 6. The molecule has 0 bridgehead atoms. The summed E-state index contributed by atoms with van der Waals surface area (Å²) in [5, 5.41) is 0. The lowest BCUT2D eigenvalue weighted by molar-refractivity contribution is 0.0625. The molecule has 0 aromatic heterocycles. The molecule has 0 fully saturated rings.